The van der Waals surface area contributed by atoms with Gasteiger partial charge in [0.2, 0.25) is 5.88 Å². The van der Waals surface area contributed by atoms with E-state index in [-0.39, 0.29) is 23.9 Å². The second kappa shape index (κ2) is 8.22. The summed E-state index contributed by atoms with van der Waals surface area (Å²) in [6.07, 6.45) is -2.06. The molecule has 10 heteroatoms. The van der Waals surface area contributed by atoms with Gasteiger partial charge in [0, 0.05) is 11.8 Å². The maximum Gasteiger partial charge on any atom is 0.573 e. The maximum atomic E-state index is 13.1. The van der Waals surface area contributed by atoms with Gasteiger partial charge in [-0.3, -0.25) is 9.55 Å². The van der Waals surface area contributed by atoms with Gasteiger partial charge in [-0.25, -0.2) is 13.8 Å². The zero-order chi connectivity index (χ0) is 22.9. The third-order valence-corrected chi connectivity index (χ3v) is 4.58. The number of hydrogen-bond acceptors (Lipinski definition) is 4. The molecule has 0 amide bonds. The molecule has 0 aliphatic heterocycles. The first-order valence-corrected chi connectivity index (χ1v) is 9.28. The molecule has 0 spiro atoms. The fourth-order valence-corrected chi connectivity index (χ4v) is 3.18. The van der Waals surface area contributed by atoms with E-state index in [1.165, 1.54) is 35.0 Å². The quantitative estimate of drug-likeness (QED) is 0.460. The number of benzene rings is 2. The monoisotopic (exact) mass is 445 g/mol. The van der Waals surface area contributed by atoms with Crippen molar-refractivity contribution in [2.45, 2.75) is 12.9 Å². The summed E-state index contributed by atoms with van der Waals surface area (Å²) in [5.41, 5.74) is 1.56. The summed E-state index contributed by atoms with van der Waals surface area (Å²) in [5, 5.41) is 10.2. The minimum Gasteiger partial charge on any atom is -0.493 e. The van der Waals surface area contributed by atoms with Crippen LogP contribution in [0.25, 0.3) is 16.9 Å². The highest BCUT2D eigenvalue weighted by Gasteiger charge is 2.31. The number of hydrogen-bond donors (Lipinski definition) is 1. The normalized spacial score (nSPS) is 11.5. The molecule has 0 bridgehead atoms. The van der Waals surface area contributed by atoms with Crippen LogP contribution in [-0.4, -0.2) is 25.6 Å². The summed E-state index contributed by atoms with van der Waals surface area (Å²) in [7, 11) is 0. The molecule has 0 atom stereocenters. The van der Waals surface area contributed by atoms with Gasteiger partial charge in [0.25, 0.3) is 0 Å². The fourth-order valence-electron chi connectivity index (χ4n) is 3.18. The summed E-state index contributed by atoms with van der Waals surface area (Å²) in [5.74, 6) is -1.20. The van der Waals surface area contributed by atoms with Gasteiger partial charge in [-0.05, 0) is 66.2 Å². The molecular weight excluding hydrogens is 430 g/mol. The highest BCUT2D eigenvalue weighted by molar-refractivity contribution is 5.59. The fraction of sp³-hybridized carbons (Fsp3) is 0.0909. The van der Waals surface area contributed by atoms with E-state index >= 15 is 0 Å². The van der Waals surface area contributed by atoms with Crippen molar-refractivity contribution in [3.8, 4) is 28.6 Å². The first-order valence-electron chi connectivity index (χ1n) is 9.28. The number of aromatic hydroxyl groups is 1. The van der Waals surface area contributed by atoms with Crippen molar-refractivity contribution in [1.82, 2.24) is 14.1 Å². The Kier molecular flexibility index (Phi) is 5.43. The number of imidazole rings is 1. The molecule has 4 rings (SSSR count). The van der Waals surface area contributed by atoms with E-state index in [1.807, 2.05) is 0 Å². The summed E-state index contributed by atoms with van der Waals surface area (Å²) < 4.78 is 56.1. The topological polar surface area (TPSA) is 69.3 Å². The van der Waals surface area contributed by atoms with Crippen LogP contribution in [0.1, 0.15) is 5.56 Å². The molecule has 0 aliphatic carbocycles. The summed E-state index contributed by atoms with van der Waals surface area (Å²) >= 11 is 0. The Morgan fingerprint density at radius 1 is 1.00 bits per heavy atom. The third kappa shape index (κ3) is 4.64. The summed E-state index contributed by atoms with van der Waals surface area (Å²) in [6, 6.07) is 13.8. The first kappa shape index (κ1) is 21.2. The second-order valence-corrected chi connectivity index (χ2v) is 6.83. The number of nitrogens with zero attached hydrogens (tertiary/aromatic N) is 3. The van der Waals surface area contributed by atoms with Crippen LogP contribution in [0.3, 0.4) is 0 Å². The van der Waals surface area contributed by atoms with Crippen molar-refractivity contribution in [2.75, 3.05) is 0 Å². The zero-order valence-corrected chi connectivity index (χ0v) is 16.3. The Labute approximate surface area is 178 Å². The van der Waals surface area contributed by atoms with Crippen LogP contribution >= 0.6 is 0 Å². The van der Waals surface area contributed by atoms with Gasteiger partial charge in [0.05, 0.1) is 24.1 Å². The molecule has 4 aromatic rings. The van der Waals surface area contributed by atoms with Crippen LogP contribution in [0.4, 0.5) is 17.6 Å². The van der Waals surface area contributed by atoms with Gasteiger partial charge in [-0.15, -0.1) is 13.2 Å². The minimum absolute atomic E-state index is 0.103. The molecule has 0 aliphatic rings. The average Bonchev–Trinajstić information content (AvgIpc) is 3.01. The molecule has 32 heavy (non-hydrogen) atoms. The van der Waals surface area contributed by atoms with Gasteiger partial charge >= 0.3 is 12.1 Å². The summed E-state index contributed by atoms with van der Waals surface area (Å²) in [4.78, 5) is 17.0. The highest BCUT2D eigenvalue weighted by atomic mass is 19.4. The van der Waals surface area contributed by atoms with Gasteiger partial charge in [0.15, 0.2) is 0 Å². The van der Waals surface area contributed by atoms with E-state index in [2.05, 4.69) is 9.72 Å². The van der Waals surface area contributed by atoms with E-state index in [4.69, 9.17) is 0 Å². The lowest BCUT2D eigenvalue weighted by Gasteiger charge is -2.09. The average molecular weight is 445 g/mol. The predicted octanol–water partition coefficient (Wildman–Crippen LogP) is 4.49. The molecule has 0 fully saturated rings. The lowest BCUT2D eigenvalue weighted by molar-refractivity contribution is -0.274. The van der Waals surface area contributed by atoms with Gasteiger partial charge in [-0.1, -0.05) is 0 Å². The molecule has 0 radical (unpaired) electrons. The van der Waals surface area contributed by atoms with E-state index in [0.29, 0.717) is 16.8 Å². The van der Waals surface area contributed by atoms with Gasteiger partial charge < -0.3 is 9.84 Å². The van der Waals surface area contributed by atoms with Crippen LogP contribution in [0.2, 0.25) is 0 Å². The van der Waals surface area contributed by atoms with E-state index < -0.39 is 17.8 Å². The van der Waals surface area contributed by atoms with Crippen molar-refractivity contribution in [2.24, 2.45) is 0 Å². The smallest absolute Gasteiger partial charge is 0.493 e. The Bertz CT molecular complexity index is 1290. The highest BCUT2D eigenvalue weighted by Crippen LogP contribution is 2.25. The standard InChI is InChI=1S/C22H15F4N3O3/c23-16-3-1-15(2-4-16)19-11-14(9-10-27-19)12-28-13-20(30)29(21(28)31)17-5-7-18(8-6-17)32-22(24,25)26/h1-11,13,30H,12H2. The van der Waals surface area contributed by atoms with Crippen LogP contribution in [0.15, 0.2) is 77.9 Å². The molecule has 2 heterocycles. The molecular formula is C22H15F4N3O3. The Morgan fingerprint density at radius 3 is 2.34 bits per heavy atom. The van der Waals surface area contributed by atoms with Crippen molar-refractivity contribution in [3.63, 3.8) is 0 Å². The minimum atomic E-state index is -4.83. The third-order valence-electron chi connectivity index (χ3n) is 4.58. The lowest BCUT2D eigenvalue weighted by Crippen LogP contribution is -2.23. The zero-order valence-electron chi connectivity index (χ0n) is 16.3. The van der Waals surface area contributed by atoms with Gasteiger partial charge in [-0.2, -0.15) is 0 Å². The van der Waals surface area contributed by atoms with Crippen molar-refractivity contribution >= 4 is 0 Å². The van der Waals surface area contributed by atoms with Crippen LogP contribution in [0.5, 0.6) is 11.6 Å². The molecule has 0 saturated heterocycles. The molecule has 164 valence electrons. The maximum absolute atomic E-state index is 13.1. The number of ether oxygens (including phenoxy) is 1. The Morgan fingerprint density at radius 2 is 1.69 bits per heavy atom. The van der Waals surface area contributed by atoms with Crippen LogP contribution in [-0.2, 0) is 6.54 Å². The largest absolute Gasteiger partial charge is 0.573 e. The predicted molar refractivity (Wildman–Crippen MR) is 107 cm³/mol. The number of halogens is 4. The van der Waals surface area contributed by atoms with E-state index in [0.717, 1.165) is 16.7 Å². The molecule has 0 unspecified atom stereocenters. The molecule has 1 N–H and O–H groups in total. The SMILES string of the molecule is O=c1n(Cc2ccnc(-c3ccc(F)cc3)c2)cc(O)n1-c1ccc(OC(F)(F)F)cc1. The molecule has 2 aromatic carbocycles. The van der Waals surface area contributed by atoms with Gasteiger partial charge in [0.1, 0.15) is 11.6 Å². The van der Waals surface area contributed by atoms with Crippen molar-refractivity contribution in [1.29, 1.82) is 0 Å². The lowest BCUT2D eigenvalue weighted by atomic mass is 10.1. The summed E-state index contributed by atoms with van der Waals surface area (Å²) in [6.45, 7) is 0.103. The number of alkyl halides is 3. The number of rotatable bonds is 5. The van der Waals surface area contributed by atoms with E-state index in [1.54, 1.807) is 30.5 Å². The van der Waals surface area contributed by atoms with Crippen LogP contribution < -0.4 is 10.4 Å². The number of aromatic nitrogens is 3. The Hall–Kier alpha value is -4.08. The Balaban J connectivity index is 1.59. The van der Waals surface area contributed by atoms with Crippen molar-refractivity contribution < 1.29 is 27.4 Å². The molecule has 6 nitrogen and oxygen atoms in total. The second-order valence-electron chi connectivity index (χ2n) is 6.83. The van der Waals surface area contributed by atoms with Crippen LogP contribution in [0, 0.1) is 5.82 Å². The van der Waals surface area contributed by atoms with Crippen molar-refractivity contribution in [3.05, 3.63) is 94.9 Å². The number of pyridine rings is 1. The molecule has 0 saturated carbocycles. The molecule has 2 aromatic heterocycles. The first-order chi connectivity index (χ1) is 15.2. The van der Waals surface area contributed by atoms with E-state index in [9.17, 15) is 27.5 Å².